The van der Waals surface area contributed by atoms with Gasteiger partial charge in [-0.05, 0) is 36.3 Å². The minimum atomic E-state index is -0.710. The molecule has 1 saturated heterocycles. The SMILES string of the molecule is O=C1c2cc(CN3CCS(=O)CC3)c3ccccc3c2OCN1[C@H]1CCCC1O. The molecule has 1 aliphatic carbocycles. The van der Waals surface area contributed by atoms with Gasteiger partial charge in [0, 0.05) is 47.3 Å². The van der Waals surface area contributed by atoms with Gasteiger partial charge in [-0.15, -0.1) is 0 Å². The number of fused-ring (bicyclic) bond motifs is 3. The van der Waals surface area contributed by atoms with E-state index < -0.39 is 16.9 Å². The lowest BCUT2D eigenvalue weighted by atomic mass is 9.97. The van der Waals surface area contributed by atoms with Gasteiger partial charge in [-0.2, -0.15) is 0 Å². The van der Waals surface area contributed by atoms with Crippen LogP contribution in [-0.4, -0.2) is 68.5 Å². The molecule has 6 nitrogen and oxygen atoms in total. The molecule has 2 aromatic carbocycles. The third-order valence-electron chi connectivity index (χ3n) is 6.43. The Morgan fingerprint density at radius 2 is 1.90 bits per heavy atom. The van der Waals surface area contributed by atoms with Crippen LogP contribution in [0.5, 0.6) is 5.75 Å². The van der Waals surface area contributed by atoms with Crippen molar-refractivity contribution in [1.82, 2.24) is 9.80 Å². The summed E-state index contributed by atoms with van der Waals surface area (Å²) in [6, 6.07) is 9.87. The van der Waals surface area contributed by atoms with Crippen LogP contribution in [0.4, 0.5) is 0 Å². The first kappa shape index (κ1) is 19.0. The molecule has 2 aromatic rings. The lowest BCUT2D eigenvalue weighted by molar-refractivity contribution is 0.0132. The Kier molecular flexibility index (Phi) is 5.05. The van der Waals surface area contributed by atoms with Crippen LogP contribution in [0.3, 0.4) is 0 Å². The number of amides is 1. The molecule has 1 N–H and O–H groups in total. The van der Waals surface area contributed by atoms with Crippen LogP contribution in [-0.2, 0) is 17.3 Å². The highest BCUT2D eigenvalue weighted by Crippen LogP contribution is 2.38. The van der Waals surface area contributed by atoms with Crippen LogP contribution >= 0.6 is 0 Å². The molecule has 29 heavy (non-hydrogen) atoms. The standard InChI is InChI=1S/C22H26N2O4S/c25-20-7-3-6-19(20)24-14-28-21-17-5-2-1-4-16(17)15(12-18(21)22(24)26)13-23-8-10-29(27)11-9-23/h1-2,4-5,12,19-20,25H,3,6-11,13-14H2/t19-,20?/m0/s1. The summed E-state index contributed by atoms with van der Waals surface area (Å²) in [7, 11) is -0.710. The van der Waals surface area contributed by atoms with Gasteiger partial charge >= 0.3 is 0 Å². The summed E-state index contributed by atoms with van der Waals surface area (Å²) in [5.41, 5.74) is 1.68. The van der Waals surface area contributed by atoms with Crippen LogP contribution < -0.4 is 4.74 Å². The molecule has 2 heterocycles. The van der Waals surface area contributed by atoms with Crippen molar-refractivity contribution in [2.45, 2.75) is 38.0 Å². The minimum absolute atomic E-state index is 0.0519. The van der Waals surface area contributed by atoms with Gasteiger partial charge in [0.1, 0.15) is 5.75 Å². The van der Waals surface area contributed by atoms with Crippen molar-refractivity contribution in [3.8, 4) is 5.75 Å². The van der Waals surface area contributed by atoms with Crippen molar-refractivity contribution in [2.75, 3.05) is 31.3 Å². The number of rotatable bonds is 3. The highest BCUT2D eigenvalue weighted by molar-refractivity contribution is 7.85. The zero-order valence-electron chi connectivity index (χ0n) is 16.4. The van der Waals surface area contributed by atoms with Gasteiger partial charge in [-0.1, -0.05) is 24.3 Å². The van der Waals surface area contributed by atoms with Crippen molar-refractivity contribution in [2.24, 2.45) is 0 Å². The van der Waals surface area contributed by atoms with Gasteiger partial charge in [0.25, 0.3) is 5.91 Å². The predicted octanol–water partition coefficient (Wildman–Crippen LogP) is 2.11. The van der Waals surface area contributed by atoms with E-state index >= 15 is 0 Å². The Morgan fingerprint density at radius 3 is 2.62 bits per heavy atom. The molecule has 0 radical (unpaired) electrons. The number of benzene rings is 2. The summed E-state index contributed by atoms with van der Waals surface area (Å²) < 4.78 is 17.8. The highest BCUT2D eigenvalue weighted by atomic mass is 32.2. The van der Waals surface area contributed by atoms with Crippen LogP contribution in [0, 0.1) is 0 Å². The van der Waals surface area contributed by atoms with Crippen molar-refractivity contribution >= 4 is 27.5 Å². The number of hydrogen-bond donors (Lipinski definition) is 1. The van der Waals surface area contributed by atoms with Gasteiger partial charge in [-0.25, -0.2) is 0 Å². The van der Waals surface area contributed by atoms with E-state index in [1.165, 1.54) is 0 Å². The smallest absolute Gasteiger partial charge is 0.260 e. The lowest BCUT2D eigenvalue weighted by Crippen LogP contribution is -2.48. The number of hydrogen-bond acceptors (Lipinski definition) is 5. The van der Waals surface area contributed by atoms with Gasteiger partial charge in [0.2, 0.25) is 0 Å². The lowest BCUT2D eigenvalue weighted by Gasteiger charge is -2.36. The number of aliphatic hydroxyl groups is 1. The molecule has 3 aliphatic rings. The quantitative estimate of drug-likeness (QED) is 0.833. The molecule has 2 atom stereocenters. The summed E-state index contributed by atoms with van der Waals surface area (Å²) in [5.74, 6) is 2.01. The fourth-order valence-electron chi connectivity index (χ4n) is 4.82. The van der Waals surface area contributed by atoms with E-state index in [2.05, 4.69) is 11.0 Å². The van der Waals surface area contributed by atoms with Crippen LogP contribution in [0.25, 0.3) is 10.8 Å². The van der Waals surface area contributed by atoms with Crippen molar-refractivity contribution in [3.05, 3.63) is 41.5 Å². The topological polar surface area (TPSA) is 70.1 Å². The Bertz CT molecular complexity index is 969. The molecule has 1 saturated carbocycles. The van der Waals surface area contributed by atoms with E-state index in [1.807, 2.05) is 24.3 Å². The second-order valence-electron chi connectivity index (χ2n) is 8.20. The zero-order chi connectivity index (χ0) is 20.0. The normalized spacial score (nSPS) is 26.0. The number of nitrogens with zero attached hydrogens (tertiary/aromatic N) is 2. The third-order valence-corrected chi connectivity index (χ3v) is 7.70. The zero-order valence-corrected chi connectivity index (χ0v) is 17.2. The maximum atomic E-state index is 13.4. The molecule has 0 spiro atoms. The molecular weight excluding hydrogens is 388 g/mol. The predicted molar refractivity (Wildman–Crippen MR) is 112 cm³/mol. The molecule has 1 unspecified atom stereocenters. The largest absolute Gasteiger partial charge is 0.472 e. The summed E-state index contributed by atoms with van der Waals surface area (Å²) in [6.07, 6.45) is 2.01. The highest BCUT2D eigenvalue weighted by Gasteiger charge is 2.38. The fraction of sp³-hybridized carbons (Fsp3) is 0.500. The summed E-state index contributed by atoms with van der Waals surface area (Å²) in [6.45, 7) is 2.53. The minimum Gasteiger partial charge on any atom is -0.472 e. The van der Waals surface area contributed by atoms with E-state index in [1.54, 1.807) is 4.90 Å². The molecule has 5 rings (SSSR count). The maximum absolute atomic E-state index is 13.4. The van der Waals surface area contributed by atoms with Crippen molar-refractivity contribution in [1.29, 1.82) is 0 Å². The van der Waals surface area contributed by atoms with E-state index in [0.29, 0.717) is 22.8 Å². The second kappa shape index (κ2) is 7.70. The van der Waals surface area contributed by atoms with E-state index in [-0.39, 0.29) is 18.7 Å². The number of carbonyl (C=O) groups excluding carboxylic acids is 1. The number of aliphatic hydroxyl groups excluding tert-OH is 1. The average molecular weight is 415 g/mol. The molecular formula is C22H26N2O4S. The maximum Gasteiger partial charge on any atom is 0.260 e. The van der Waals surface area contributed by atoms with Gasteiger partial charge in [0.15, 0.2) is 6.73 Å². The monoisotopic (exact) mass is 414 g/mol. The molecule has 0 bridgehead atoms. The Balaban J connectivity index is 1.52. The van der Waals surface area contributed by atoms with E-state index in [9.17, 15) is 14.1 Å². The molecule has 2 aliphatic heterocycles. The van der Waals surface area contributed by atoms with Crippen LogP contribution in [0.15, 0.2) is 30.3 Å². The Morgan fingerprint density at radius 1 is 1.14 bits per heavy atom. The Hall–Kier alpha value is -1.96. The molecule has 7 heteroatoms. The molecule has 154 valence electrons. The van der Waals surface area contributed by atoms with Crippen molar-refractivity contribution in [3.63, 3.8) is 0 Å². The van der Waals surface area contributed by atoms with Gasteiger partial charge in [-0.3, -0.25) is 18.8 Å². The first-order valence-corrected chi connectivity index (χ1v) is 11.8. The van der Waals surface area contributed by atoms with Crippen molar-refractivity contribution < 1.29 is 18.8 Å². The number of carbonyl (C=O) groups is 1. The van der Waals surface area contributed by atoms with Gasteiger partial charge < -0.3 is 9.84 Å². The molecule has 2 fully saturated rings. The third kappa shape index (κ3) is 3.45. The van der Waals surface area contributed by atoms with Crippen LogP contribution in [0.2, 0.25) is 0 Å². The first-order valence-electron chi connectivity index (χ1n) is 10.4. The Labute approximate surface area is 172 Å². The summed E-state index contributed by atoms with van der Waals surface area (Å²) in [4.78, 5) is 17.4. The summed E-state index contributed by atoms with van der Waals surface area (Å²) >= 11 is 0. The van der Waals surface area contributed by atoms with E-state index in [4.69, 9.17) is 4.74 Å². The number of ether oxygens (including phenoxy) is 1. The summed E-state index contributed by atoms with van der Waals surface area (Å²) in [5, 5.41) is 12.3. The molecule has 0 aromatic heterocycles. The van der Waals surface area contributed by atoms with E-state index in [0.717, 1.165) is 55.2 Å². The second-order valence-corrected chi connectivity index (χ2v) is 9.89. The first-order chi connectivity index (χ1) is 14.1. The molecule has 1 amide bonds. The van der Waals surface area contributed by atoms with Gasteiger partial charge in [0.05, 0.1) is 17.7 Å². The average Bonchev–Trinajstić information content (AvgIpc) is 3.16. The fourth-order valence-corrected chi connectivity index (χ4v) is 5.95. The van der Waals surface area contributed by atoms with Crippen LogP contribution in [0.1, 0.15) is 35.2 Å².